The molecule has 5 N–H and O–H groups in total. The van der Waals surface area contributed by atoms with Gasteiger partial charge in [-0.3, -0.25) is 19.2 Å². The van der Waals surface area contributed by atoms with Crippen LogP contribution in [0, 0.1) is 12.8 Å². The lowest BCUT2D eigenvalue weighted by Crippen LogP contribution is -2.57. The monoisotopic (exact) mass is 581 g/mol. The van der Waals surface area contributed by atoms with Crippen LogP contribution in [0.5, 0.6) is 0 Å². The van der Waals surface area contributed by atoms with E-state index < -0.39 is 47.9 Å². The molecule has 1 aliphatic rings. The number of aromatic nitrogens is 3. The highest BCUT2D eigenvalue weighted by molar-refractivity contribution is 5.93. The summed E-state index contributed by atoms with van der Waals surface area (Å²) in [4.78, 5) is 61.2. The largest absolute Gasteiger partial charge is 0.446 e. The molecule has 42 heavy (non-hydrogen) atoms. The minimum atomic E-state index is -1.31. The van der Waals surface area contributed by atoms with E-state index in [2.05, 4.69) is 31.2 Å². The first-order valence-electron chi connectivity index (χ1n) is 14.3. The molecule has 0 saturated heterocycles. The van der Waals surface area contributed by atoms with Gasteiger partial charge in [0.05, 0.1) is 18.2 Å². The molecule has 0 spiro atoms. The van der Waals surface area contributed by atoms with Crippen molar-refractivity contribution in [1.29, 1.82) is 0 Å². The fourth-order valence-corrected chi connectivity index (χ4v) is 4.94. The Labute approximate surface area is 243 Å². The number of pyridine rings is 1. The summed E-state index contributed by atoms with van der Waals surface area (Å²) in [5.41, 5.74) is 2.46. The number of aryl methyl sites for hydroxylation is 1. The van der Waals surface area contributed by atoms with Crippen molar-refractivity contribution in [3.05, 3.63) is 53.6 Å². The normalized spacial score (nSPS) is 21.5. The van der Waals surface area contributed by atoms with Gasteiger partial charge in [-0.1, -0.05) is 19.9 Å². The molecule has 3 aromatic heterocycles. The zero-order valence-electron chi connectivity index (χ0n) is 24.3. The van der Waals surface area contributed by atoms with Gasteiger partial charge in [-0.05, 0) is 57.1 Å². The number of hydrogen-bond donors (Lipinski definition) is 5. The third kappa shape index (κ3) is 7.52. The quantitative estimate of drug-likeness (QED) is 0.289. The summed E-state index contributed by atoms with van der Waals surface area (Å²) in [5.74, 6) is -1.78. The van der Waals surface area contributed by atoms with Gasteiger partial charge in [-0.15, -0.1) is 0 Å². The maximum absolute atomic E-state index is 13.4. The zero-order valence-corrected chi connectivity index (χ0v) is 24.3. The number of carbonyl (C=O) groups is 4. The first-order valence-corrected chi connectivity index (χ1v) is 14.3. The second-order valence-electron chi connectivity index (χ2n) is 11.2. The number of fused-ring (bicyclic) bond motifs is 3. The molecule has 0 aliphatic carbocycles. The summed E-state index contributed by atoms with van der Waals surface area (Å²) in [5, 5.41) is 21.5. The highest BCUT2D eigenvalue weighted by Gasteiger charge is 2.33. The van der Waals surface area contributed by atoms with Crippen molar-refractivity contribution in [2.24, 2.45) is 5.92 Å². The highest BCUT2D eigenvalue weighted by Crippen LogP contribution is 2.22. The molecule has 13 nitrogen and oxygen atoms in total. The second-order valence-corrected chi connectivity index (χ2v) is 11.2. The molecule has 3 aromatic rings. The fourth-order valence-electron chi connectivity index (χ4n) is 4.94. The first kappa shape index (κ1) is 30.7. The Morgan fingerprint density at radius 3 is 2.71 bits per heavy atom. The number of aliphatic hydroxyl groups is 1. The van der Waals surface area contributed by atoms with E-state index >= 15 is 0 Å². The predicted molar refractivity (Wildman–Crippen MR) is 152 cm³/mol. The maximum Gasteiger partial charge on any atom is 0.273 e. The number of nitrogens with zero attached hydrogens (tertiary/aromatic N) is 3. The Morgan fingerprint density at radius 1 is 1.19 bits per heavy atom. The zero-order chi connectivity index (χ0) is 30.4. The van der Waals surface area contributed by atoms with E-state index in [4.69, 9.17) is 4.42 Å². The number of amides is 4. The average molecular weight is 582 g/mol. The van der Waals surface area contributed by atoms with E-state index in [1.165, 1.54) is 13.2 Å². The Bertz CT molecular complexity index is 1430. The number of nitrogens with one attached hydrogen (secondary N) is 4. The molecule has 0 unspecified atom stereocenters. The average Bonchev–Trinajstić information content (AvgIpc) is 3.58. The second kappa shape index (κ2) is 13.6. The third-order valence-electron chi connectivity index (χ3n) is 7.14. The Hall–Kier alpha value is -4.26. The van der Waals surface area contributed by atoms with Crippen LogP contribution in [-0.2, 0) is 20.8 Å². The summed E-state index contributed by atoms with van der Waals surface area (Å²) in [6.45, 7) is 7.56. The van der Waals surface area contributed by atoms with Crippen LogP contribution in [0.25, 0.3) is 5.65 Å². The van der Waals surface area contributed by atoms with Gasteiger partial charge in [-0.25, -0.2) is 9.97 Å². The van der Waals surface area contributed by atoms with Crippen molar-refractivity contribution in [2.45, 2.75) is 84.0 Å². The van der Waals surface area contributed by atoms with Gasteiger partial charge in [-0.2, -0.15) is 0 Å². The number of aliphatic hydroxyl groups excluding tert-OH is 1. The van der Waals surface area contributed by atoms with Crippen molar-refractivity contribution >= 4 is 29.3 Å². The Kier molecular flexibility index (Phi) is 9.94. The Morgan fingerprint density at radius 2 is 1.98 bits per heavy atom. The maximum atomic E-state index is 13.4. The van der Waals surface area contributed by atoms with Gasteiger partial charge in [0, 0.05) is 18.9 Å². The van der Waals surface area contributed by atoms with Crippen molar-refractivity contribution < 1.29 is 28.7 Å². The minimum absolute atomic E-state index is 0.0150. The first-order chi connectivity index (χ1) is 20.0. The molecule has 2 bridgehead atoms. The van der Waals surface area contributed by atoms with Gasteiger partial charge in [0.2, 0.25) is 23.6 Å². The van der Waals surface area contributed by atoms with Crippen LogP contribution in [0.15, 0.2) is 35.2 Å². The number of hydrogen-bond acceptors (Lipinski definition) is 8. The third-order valence-corrected chi connectivity index (χ3v) is 7.14. The number of imidazole rings is 1. The molecule has 0 radical (unpaired) electrons. The molecular weight excluding hydrogens is 542 g/mol. The molecule has 4 atom stereocenters. The summed E-state index contributed by atoms with van der Waals surface area (Å²) in [7, 11) is 0. The van der Waals surface area contributed by atoms with Gasteiger partial charge < -0.3 is 35.2 Å². The summed E-state index contributed by atoms with van der Waals surface area (Å²) in [6, 6.07) is 0.815. The van der Waals surface area contributed by atoms with E-state index in [1.54, 1.807) is 6.20 Å². The highest BCUT2D eigenvalue weighted by atomic mass is 16.3. The van der Waals surface area contributed by atoms with Gasteiger partial charge >= 0.3 is 0 Å². The van der Waals surface area contributed by atoms with Gasteiger partial charge in [0.1, 0.15) is 30.0 Å². The summed E-state index contributed by atoms with van der Waals surface area (Å²) >= 11 is 0. The standard InChI is InChI=1S/C29H39N7O6/c1-16(2)12-21-29-34-22(15-42-29)26(39)30-10-6-5-9-20(27(40)35-24(18(4)37)28(41)33-21)32-23(38)13-19-14-31-25-17(3)8-7-11-36(19)25/h7-8,11,14-16,18,20-21,24,37H,5-6,9-10,12-13H2,1-4H3,(H,30,39)(H,32,38)(H,33,41)(H,35,40)/t18-,20+,21+,24+/m1/s1. The molecule has 4 heterocycles. The van der Waals surface area contributed by atoms with Crippen molar-refractivity contribution in [2.75, 3.05) is 6.54 Å². The molecular formula is C29H39N7O6. The molecule has 0 aromatic carbocycles. The molecule has 4 amide bonds. The molecule has 0 fully saturated rings. The van der Waals surface area contributed by atoms with Crippen LogP contribution < -0.4 is 21.3 Å². The summed E-state index contributed by atoms with van der Waals surface area (Å²) in [6.07, 6.45) is 5.14. The topological polar surface area (TPSA) is 180 Å². The van der Waals surface area contributed by atoms with Gasteiger partial charge in [0.25, 0.3) is 5.91 Å². The Balaban J connectivity index is 1.54. The van der Waals surface area contributed by atoms with Crippen LogP contribution in [0.2, 0.25) is 0 Å². The van der Waals surface area contributed by atoms with Crippen LogP contribution in [0.1, 0.15) is 80.1 Å². The van der Waals surface area contributed by atoms with Crippen LogP contribution >= 0.6 is 0 Å². The molecule has 226 valence electrons. The number of oxazole rings is 1. The minimum Gasteiger partial charge on any atom is -0.446 e. The van der Waals surface area contributed by atoms with Crippen molar-refractivity contribution in [3.8, 4) is 0 Å². The van der Waals surface area contributed by atoms with E-state index in [0.717, 1.165) is 11.2 Å². The van der Waals surface area contributed by atoms with E-state index in [-0.39, 0.29) is 30.3 Å². The number of carbonyl (C=O) groups excluding carboxylic acids is 4. The summed E-state index contributed by atoms with van der Waals surface area (Å²) < 4.78 is 7.36. The van der Waals surface area contributed by atoms with Crippen molar-refractivity contribution in [1.82, 2.24) is 35.6 Å². The molecule has 1 aliphatic heterocycles. The SMILES string of the molecule is Cc1cccn2c(CC(=O)N[C@H]3CCCCNC(=O)c4coc(n4)[C@H](CC(C)C)NC(=O)[C@H]([C@@H](C)O)NC3=O)cnc12. The van der Waals surface area contributed by atoms with E-state index in [0.29, 0.717) is 31.5 Å². The van der Waals surface area contributed by atoms with E-state index in [1.807, 2.05) is 43.5 Å². The molecule has 0 saturated carbocycles. The molecule has 13 heteroatoms. The van der Waals surface area contributed by atoms with Crippen molar-refractivity contribution in [3.63, 3.8) is 0 Å². The van der Waals surface area contributed by atoms with Gasteiger partial charge in [0.15, 0.2) is 5.69 Å². The molecule has 4 rings (SSSR count). The fraction of sp³-hybridized carbons (Fsp3) is 0.517. The smallest absolute Gasteiger partial charge is 0.273 e. The van der Waals surface area contributed by atoms with Crippen LogP contribution in [0.3, 0.4) is 0 Å². The predicted octanol–water partition coefficient (Wildman–Crippen LogP) is 1.34. The lowest BCUT2D eigenvalue weighted by Gasteiger charge is -2.27. The van der Waals surface area contributed by atoms with Crippen LogP contribution in [0.4, 0.5) is 0 Å². The lowest BCUT2D eigenvalue weighted by atomic mass is 10.0. The van der Waals surface area contributed by atoms with E-state index in [9.17, 15) is 24.3 Å². The lowest BCUT2D eigenvalue weighted by molar-refractivity contribution is -0.134. The number of rotatable bonds is 6. The van der Waals surface area contributed by atoms with Crippen LogP contribution in [-0.4, -0.2) is 67.8 Å².